The van der Waals surface area contributed by atoms with Crippen LogP contribution in [0.5, 0.6) is 5.75 Å². The van der Waals surface area contributed by atoms with Gasteiger partial charge in [0.05, 0.1) is 18.4 Å². The number of rotatable bonds is 7. The Kier molecular flexibility index (Phi) is 5.35. The highest BCUT2D eigenvalue weighted by atomic mass is 16.5. The minimum absolute atomic E-state index is 0.0277. The lowest BCUT2D eigenvalue weighted by Gasteiger charge is -2.22. The minimum atomic E-state index is -0.679. The molecule has 2 N–H and O–H groups in total. The van der Waals surface area contributed by atoms with Gasteiger partial charge in [-0.2, -0.15) is 0 Å². The highest BCUT2D eigenvalue weighted by molar-refractivity contribution is 5.75. The van der Waals surface area contributed by atoms with Crippen molar-refractivity contribution in [3.8, 4) is 5.75 Å². The largest absolute Gasteiger partial charge is 0.492 e. The summed E-state index contributed by atoms with van der Waals surface area (Å²) in [5.41, 5.74) is -0.679. The van der Waals surface area contributed by atoms with Crippen LogP contribution < -0.4 is 10.1 Å². The smallest absolute Gasteiger partial charge is 0.220 e. The molecule has 1 heterocycles. The van der Waals surface area contributed by atoms with Gasteiger partial charge >= 0.3 is 0 Å². The van der Waals surface area contributed by atoms with Gasteiger partial charge in [0.1, 0.15) is 5.75 Å². The van der Waals surface area contributed by atoms with E-state index in [9.17, 15) is 9.90 Å². The van der Waals surface area contributed by atoms with E-state index in [1.807, 2.05) is 12.1 Å². The summed E-state index contributed by atoms with van der Waals surface area (Å²) in [7, 11) is 0. The van der Waals surface area contributed by atoms with Gasteiger partial charge in [0, 0.05) is 19.2 Å². The van der Waals surface area contributed by atoms with Crippen molar-refractivity contribution in [2.75, 3.05) is 13.2 Å². The van der Waals surface area contributed by atoms with Gasteiger partial charge in [0.15, 0.2) is 0 Å². The van der Waals surface area contributed by atoms with Crippen LogP contribution in [0, 0.1) is 0 Å². The summed E-state index contributed by atoms with van der Waals surface area (Å²) in [4.78, 5) is 15.6. The normalized spacial score (nSPS) is 16.9. The quantitative estimate of drug-likeness (QED) is 0.744. The summed E-state index contributed by atoms with van der Waals surface area (Å²) in [6.45, 7) is 0.860. The van der Waals surface area contributed by atoms with Gasteiger partial charge in [-0.3, -0.25) is 9.78 Å². The molecule has 0 aromatic carbocycles. The number of hydrogen-bond donors (Lipinski definition) is 2. The van der Waals surface area contributed by atoms with E-state index >= 15 is 0 Å². The Bertz CT molecular complexity index is 416. The Morgan fingerprint density at radius 1 is 1.45 bits per heavy atom. The summed E-state index contributed by atoms with van der Waals surface area (Å²) in [6, 6.07) is 3.65. The van der Waals surface area contributed by atoms with Gasteiger partial charge in [-0.25, -0.2) is 0 Å². The zero-order chi connectivity index (χ0) is 14.3. The fourth-order valence-electron chi connectivity index (χ4n) is 2.42. The highest BCUT2D eigenvalue weighted by Crippen LogP contribution is 2.28. The Morgan fingerprint density at radius 3 is 2.95 bits per heavy atom. The van der Waals surface area contributed by atoms with Crippen LogP contribution in [0.2, 0.25) is 0 Å². The predicted octanol–water partition coefficient (Wildman–Crippen LogP) is 1.66. The molecule has 1 aliphatic rings. The summed E-state index contributed by atoms with van der Waals surface area (Å²) in [6.07, 6.45) is 8.07. The Balaban J connectivity index is 1.56. The number of carbonyl (C=O) groups excluding carboxylic acids is 1. The summed E-state index contributed by atoms with van der Waals surface area (Å²) >= 11 is 0. The van der Waals surface area contributed by atoms with Crippen molar-refractivity contribution in [1.82, 2.24) is 10.3 Å². The Hall–Kier alpha value is -1.62. The van der Waals surface area contributed by atoms with E-state index in [0.29, 0.717) is 31.7 Å². The van der Waals surface area contributed by atoms with Crippen molar-refractivity contribution >= 4 is 5.91 Å². The molecule has 0 atom stereocenters. The maximum atomic E-state index is 11.7. The van der Waals surface area contributed by atoms with E-state index in [2.05, 4.69) is 10.3 Å². The molecule has 0 aliphatic heterocycles. The first-order valence-corrected chi connectivity index (χ1v) is 7.20. The van der Waals surface area contributed by atoms with Crippen molar-refractivity contribution < 1.29 is 14.6 Å². The number of nitrogens with zero attached hydrogens (tertiary/aromatic N) is 1. The number of pyridine rings is 1. The summed E-state index contributed by atoms with van der Waals surface area (Å²) in [5.74, 6) is 0.688. The fraction of sp³-hybridized carbons (Fsp3) is 0.600. The number of aliphatic hydroxyl groups is 1. The molecule has 0 unspecified atom stereocenters. The van der Waals surface area contributed by atoms with Gasteiger partial charge in [-0.1, -0.05) is 12.8 Å². The Labute approximate surface area is 119 Å². The number of carbonyl (C=O) groups is 1. The zero-order valence-electron chi connectivity index (χ0n) is 11.7. The zero-order valence-corrected chi connectivity index (χ0v) is 11.7. The van der Waals surface area contributed by atoms with Gasteiger partial charge < -0.3 is 15.2 Å². The van der Waals surface area contributed by atoms with E-state index in [1.54, 1.807) is 12.4 Å². The van der Waals surface area contributed by atoms with Gasteiger partial charge in [-0.15, -0.1) is 0 Å². The number of amides is 1. The Morgan fingerprint density at radius 2 is 2.25 bits per heavy atom. The molecule has 1 saturated carbocycles. The number of ether oxygens (including phenoxy) is 1. The fourth-order valence-corrected chi connectivity index (χ4v) is 2.42. The van der Waals surface area contributed by atoms with Crippen molar-refractivity contribution in [2.24, 2.45) is 0 Å². The van der Waals surface area contributed by atoms with Crippen LogP contribution in [0.4, 0.5) is 0 Å². The third-order valence-electron chi connectivity index (χ3n) is 3.60. The third-order valence-corrected chi connectivity index (χ3v) is 3.60. The SMILES string of the molecule is O=C(CCCOc1cccnc1)NCC1(O)CCCC1. The van der Waals surface area contributed by atoms with Crippen LogP contribution in [-0.2, 0) is 4.79 Å². The first-order valence-electron chi connectivity index (χ1n) is 7.20. The molecule has 0 bridgehead atoms. The molecule has 0 radical (unpaired) electrons. The lowest BCUT2D eigenvalue weighted by atomic mass is 10.0. The number of nitrogens with one attached hydrogen (secondary N) is 1. The number of hydrogen-bond acceptors (Lipinski definition) is 4. The van der Waals surface area contributed by atoms with Crippen LogP contribution in [0.3, 0.4) is 0 Å². The molecular formula is C15H22N2O3. The van der Waals surface area contributed by atoms with Crippen LogP contribution >= 0.6 is 0 Å². The lowest BCUT2D eigenvalue weighted by Crippen LogP contribution is -2.40. The van der Waals surface area contributed by atoms with E-state index < -0.39 is 5.60 Å². The van der Waals surface area contributed by atoms with Crippen molar-refractivity contribution in [3.05, 3.63) is 24.5 Å². The van der Waals surface area contributed by atoms with Gasteiger partial charge in [-0.05, 0) is 31.4 Å². The van der Waals surface area contributed by atoms with Crippen molar-refractivity contribution in [3.63, 3.8) is 0 Å². The first kappa shape index (κ1) is 14.8. The summed E-state index contributed by atoms with van der Waals surface area (Å²) in [5, 5.41) is 12.9. The van der Waals surface area contributed by atoms with Gasteiger partial charge in [0.25, 0.3) is 0 Å². The van der Waals surface area contributed by atoms with Gasteiger partial charge in [0.2, 0.25) is 5.91 Å². The molecule has 1 aliphatic carbocycles. The average molecular weight is 278 g/mol. The molecule has 1 aromatic rings. The molecule has 5 nitrogen and oxygen atoms in total. The molecule has 110 valence electrons. The van der Waals surface area contributed by atoms with E-state index in [-0.39, 0.29) is 5.91 Å². The molecule has 0 saturated heterocycles. The maximum absolute atomic E-state index is 11.7. The van der Waals surface area contributed by atoms with Crippen LogP contribution in [0.1, 0.15) is 38.5 Å². The predicted molar refractivity (Wildman–Crippen MR) is 75.4 cm³/mol. The molecule has 0 spiro atoms. The summed E-state index contributed by atoms with van der Waals surface area (Å²) < 4.78 is 5.46. The van der Waals surface area contributed by atoms with Crippen LogP contribution in [0.25, 0.3) is 0 Å². The molecule has 5 heteroatoms. The van der Waals surface area contributed by atoms with E-state index in [0.717, 1.165) is 25.7 Å². The topological polar surface area (TPSA) is 71.5 Å². The minimum Gasteiger partial charge on any atom is -0.492 e. The third kappa shape index (κ3) is 4.81. The molecule has 1 amide bonds. The van der Waals surface area contributed by atoms with Crippen LogP contribution in [0.15, 0.2) is 24.5 Å². The monoisotopic (exact) mass is 278 g/mol. The first-order chi connectivity index (χ1) is 9.68. The number of aromatic nitrogens is 1. The second-order valence-corrected chi connectivity index (χ2v) is 5.35. The molecule has 1 fully saturated rings. The van der Waals surface area contributed by atoms with E-state index in [1.165, 1.54) is 0 Å². The highest BCUT2D eigenvalue weighted by Gasteiger charge is 2.31. The standard InChI is InChI=1S/C15H22N2O3/c18-14(17-12-15(19)7-1-2-8-15)6-4-10-20-13-5-3-9-16-11-13/h3,5,9,11,19H,1-2,4,6-8,10,12H2,(H,17,18). The van der Waals surface area contributed by atoms with Crippen molar-refractivity contribution in [1.29, 1.82) is 0 Å². The molecular weight excluding hydrogens is 256 g/mol. The molecule has 2 rings (SSSR count). The van der Waals surface area contributed by atoms with Crippen LogP contribution in [-0.4, -0.2) is 34.8 Å². The van der Waals surface area contributed by atoms with Crippen molar-refractivity contribution in [2.45, 2.75) is 44.1 Å². The maximum Gasteiger partial charge on any atom is 0.220 e. The lowest BCUT2D eigenvalue weighted by molar-refractivity contribution is -0.122. The average Bonchev–Trinajstić information content (AvgIpc) is 2.90. The second-order valence-electron chi connectivity index (χ2n) is 5.35. The second kappa shape index (κ2) is 7.24. The molecule has 20 heavy (non-hydrogen) atoms. The molecule has 1 aromatic heterocycles. The van der Waals surface area contributed by atoms with E-state index in [4.69, 9.17) is 4.74 Å².